The Kier molecular flexibility index (Phi) is 26.6. The maximum absolute atomic E-state index is 9.01. The first-order chi connectivity index (χ1) is 6.81. The quantitative estimate of drug-likeness (QED) is 0.275. The van der Waals surface area contributed by atoms with Crippen molar-refractivity contribution in [2.24, 2.45) is 0 Å². The summed E-state index contributed by atoms with van der Waals surface area (Å²) < 4.78 is 0. The number of carboxylic acids is 3. The van der Waals surface area contributed by atoms with E-state index in [0.717, 1.165) is 18.2 Å². The van der Waals surface area contributed by atoms with Gasteiger partial charge in [-0.3, -0.25) is 0 Å². The Balaban J connectivity index is -0.0000000655. The zero-order valence-corrected chi connectivity index (χ0v) is 8.37. The van der Waals surface area contributed by atoms with E-state index in [1.54, 1.807) is 0 Å². The first kappa shape index (κ1) is 23.3. The van der Waals surface area contributed by atoms with Crippen LogP contribution >= 0.6 is 0 Å². The Morgan fingerprint density at radius 2 is 0.750 bits per heavy atom. The van der Waals surface area contributed by atoms with E-state index in [-0.39, 0.29) is 17.1 Å². The molecule has 0 aliphatic rings. The number of rotatable bonds is 0. The van der Waals surface area contributed by atoms with Crippen LogP contribution in [0.25, 0.3) is 0 Å². The maximum atomic E-state index is 9.01. The van der Waals surface area contributed by atoms with Gasteiger partial charge in [-0.05, 0) is 0 Å². The summed E-state index contributed by atoms with van der Waals surface area (Å²) in [5, 5.41) is 44.0. The van der Waals surface area contributed by atoms with Crippen LogP contribution in [0.15, 0.2) is 0 Å². The molecule has 0 aromatic rings. The van der Waals surface area contributed by atoms with Crippen LogP contribution in [0.1, 0.15) is 0 Å². The number of hydrogen-bond donors (Lipinski definition) is 3. The summed E-state index contributed by atoms with van der Waals surface area (Å²) in [5.41, 5.74) is 0. The van der Waals surface area contributed by atoms with Crippen LogP contribution in [0.5, 0.6) is 0 Å². The molecule has 0 saturated carbocycles. The van der Waals surface area contributed by atoms with Crippen molar-refractivity contribution in [3.05, 3.63) is 0 Å². The van der Waals surface area contributed by atoms with Gasteiger partial charge in [-0.15, -0.1) is 0 Å². The smallest absolute Gasteiger partial charge is 0.408 e. The fourth-order valence-electron chi connectivity index (χ4n) is 0. The van der Waals surface area contributed by atoms with Crippen LogP contribution in [0.3, 0.4) is 0 Å². The van der Waals surface area contributed by atoms with E-state index in [9.17, 15) is 0 Å². The van der Waals surface area contributed by atoms with Crippen LogP contribution in [0, 0.1) is 34.0 Å². The molecular formula is C6H3FeN3O6. The molecular weight excluding hydrogens is 266 g/mol. The third-order valence-electron chi connectivity index (χ3n) is 0.287. The van der Waals surface area contributed by atoms with E-state index < -0.39 is 17.9 Å². The summed E-state index contributed by atoms with van der Waals surface area (Å²) >= 11 is 0. The molecule has 0 atom stereocenters. The zero-order chi connectivity index (χ0) is 12.9. The van der Waals surface area contributed by atoms with Gasteiger partial charge in [0.25, 0.3) is 0 Å². The number of carboxylic acid groups (broad SMARTS) is 3. The van der Waals surface area contributed by atoms with Gasteiger partial charge in [0, 0.05) is 17.1 Å². The summed E-state index contributed by atoms with van der Waals surface area (Å²) in [6, 6.07) is 2.83. The standard InChI is InChI=1S/3C2HNO2.Fe/c3*3-1-2(4)5;/h3*(H,4,5);. The number of nitriles is 3. The van der Waals surface area contributed by atoms with Gasteiger partial charge < -0.3 is 15.3 Å². The first-order valence-corrected chi connectivity index (χ1v) is 2.70. The van der Waals surface area contributed by atoms with Crippen molar-refractivity contribution in [1.29, 1.82) is 15.8 Å². The van der Waals surface area contributed by atoms with E-state index in [0.29, 0.717) is 0 Å². The predicted molar refractivity (Wildman–Crippen MR) is 39.7 cm³/mol. The molecule has 0 radical (unpaired) electrons. The molecule has 0 bridgehead atoms. The fourth-order valence-corrected chi connectivity index (χ4v) is 0. The molecule has 0 aromatic carbocycles. The molecule has 0 saturated heterocycles. The van der Waals surface area contributed by atoms with Crippen molar-refractivity contribution in [2.75, 3.05) is 0 Å². The molecule has 3 N–H and O–H groups in total. The van der Waals surface area contributed by atoms with E-state index in [2.05, 4.69) is 0 Å². The number of hydrogen-bond acceptors (Lipinski definition) is 6. The summed E-state index contributed by atoms with van der Waals surface area (Å²) in [4.78, 5) is 27.0. The van der Waals surface area contributed by atoms with Gasteiger partial charge in [0.2, 0.25) is 0 Å². The zero-order valence-electron chi connectivity index (χ0n) is 7.26. The van der Waals surface area contributed by atoms with Crippen LogP contribution in [-0.4, -0.2) is 33.2 Å². The fraction of sp³-hybridized carbons (Fsp3) is 0. The van der Waals surface area contributed by atoms with Crippen LogP contribution in [0.2, 0.25) is 0 Å². The van der Waals surface area contributed by atoms with Gasteiger partial charge in [-0.2, -0.15) is 15.8 Å². The molecule has 86 valence electrons. The summed E-state index contributed by atoms with van der Waals surface area (Å²) in [5.74, 6) is -4.32. The molecule has 0 aromatic heterocycles. The predicted octanol–water partition coefficient (Wildman–Crippen LogP) is -1.22. The molecule has 0 aliphatic carbocycles. The maximum Gasteiger partial charge on any atom is 0.408 e. The summed E-state index contributed by atoms with van der Waals surface area (Å²) in [6.45, 7) is 0. The van der Waals surface area contributed by atoms with Gasteiger partial charge in [0.1, 0.15) is 0 Å². The average Bonchev–Trinajstić information content (AvgIpc) is 2.19. The first-order valence-electron chi connectivity index (χ1n) is 2.70. The minimum atomic E-state index is -1.44. The van der Waals surface area contributed by atoms with Gasteiger partial charge in [-0.1, -0.05) is 0 Å². The Hall–Kier alpha value is -2.60. The second-order valence-corrected chi connectivity index (χ2v) is 1.25. The monoisotopic (exact) mass is 269 g/mol. The second-order valence-electron chi connectivity index (χ2n) is 1.25. The van der Waals surface area contributed by atoms with Crippen LogP contribution in [0.4, 0.5) is 0 Å². The van der Waals surface area contributed by atoms with E-state index in [4.69, 9.17) is 45.5 Å². The SMILES string of the molecule is N#CC(=O)O.N#CC(=O)O.N#CC(=O)O.[Fe]. The molecule has 16 heavy (non-hydrogen) atoms. The summed E-state index contributed by atoms with van der Waals surface area (Å²) in [7, 11) is 0. The third-order valence-corrected chi connectivity index (χ3v) is 0.287. The van der Waals surface area contributed by atoms with E-state index in [1.807, 2.05) is 0 Å². The average molecular weight is 269 g/mol. The molecule has 9 nitrogen and oxygen atoms in total. The third kappa shape index (κ3) is 107. The topological polar surface area (TPSA) is 183 Å². The van der Waals surface area contributed by atoms with Crippen molar-refractivity contribution in [3.63, 3.8) is 0 Å². The Labute approximate surface area is 99.2 Å². The number of aliphatic carboxylic acids is 3. The molecule has 0 amide bonds. The minimum Gasteiger partial charge on any atom is -0.470 e. The van der Waals surface area contributed by atoms with Crippen LogP contribution < -0.4 is 0 Å². The molecule has 0 fully saturated rings. The van der Waals surface area contributed by atoms with Gasteiger partial charge in [0.05, 0.1) is 0 Å². The Morgan fingerprint density at radius 1 is 0.688 bits per heavy atom. The van der Waals surface area contributed by atoms with Crippen LogP contribution in [-0.2, 0) is 31.5 Å². The molecule has 0 rings (SSSR count). The molecule has 0 heterocycles. The van der Waals surface area contributed by atoms with Crippen molar-refractivity contribution in [1.82, 2.24) is 0 Å². The number of carbonyl (C=O) groups is 3. The largest absolute Gasteiger partial charge is 0.470 e. The summed E-state index contributed by atoms with van der Waals surface area (Å²) in [6.07, 6.45) is 0. The molecule has 0 aliphatic heterocycles. The van der Waals surface area contributed by atoms with Gasteiger partial charge in [0.15, 0.2) is 18.2 Å². The minimum absolute atomic E-state index is 0. The van der Waals surface area contributed by atoms with Crippen molar-refractivity contribution in [2.45, 2.75) is 0 Å². The normalized spacial score (nSPS) is 5.06. The molecule has 0 spiro atoms. The molecule has 10 heteroatoms. The van der Waals surface area contributed by atoms with Crippen molar-refractivity contribution in [3.8, 4) is 18.2 Å². The number of nitrogens with zero attached hydrogens (tertiary/aromatic N) is 3. The van der Waals surface area contributed by atoms with Gasteiger partial charge >= 0.3 is 17.9 Å². The second kappa shape index (κ2) is 18.2. The van der Waals surface area contributed by atoms with Gasteiger partial charge in [-0.25, -0.2) is 14.4 Å². The van der Waals surface area contributed by atoms with E-state index in [1.165, 1.54) is 0 Å². The van der Waals surface area contributed by atoms with E-state index >= 15 is 0 Å². The Morgan fingerprint density at radius 3 is 0.750 bits per heavy atom. The molecule has 0 unspecified atom stereocenters. The van der Waals surface area contributed by atoms with Crippen molar-refractivity contribution < 1.29 is 46.8 Å². The Bertz CT molecular complexity index is 303. The van der Waals surface area contributed by atoms with Crippen molar-refractivity contribution >= 4 is 17.9 Å².